The van der Waals surface area contributed by atoms with Crippen LogP contribution in [0, 0.1) is 5.82 Å². The fraction of sp³-hybridized carbons (Fsp3) is 0.611. The average molecular weight is 319 g/mol. The van der Waals surface area contributed by atoms with E-state index in [2.05, 4.69) is 10.2 Å². The Morgan fingerprint density at radius 2 is 1.87 bits per heavy atom. The van der Waals surface area contributed by atoms with Crippen molar-refractivity contribution in [3.63, 3.8) is 0 Å². The van der Waals surface area contributed by atoms with Crippen LogP contribution in [-0.2, 0) is 6.54 Å². The minimum Gasteiger partial charge on any atom is -0.335 e. The number of carbonyl (C=O) groups is 1. The van der Waals surface area contributed by atoms with Crippen LogP contribution in [0.1, 0.15) is 37.7 Å². The summed E-state index contributed by atoms with van der Waals surface area (Å²) in [5.41, 5.74) is 0.991. The minimum absolute atomic E-state index is 0.0855. The molecule has 0 atom stereocenters. The molecule has 2 aliphatic rings. The Kier molecular flexibility index (Phi) is 5.49. The van der Waals surface area contributed by atoms with Crippen LogP contribution in [-0.4, -0.2) is 48.1 Å². The van der Waals surface area contributed by atoms with E-state index in [0.29, 0.717) is 6.04 Å². The average Bonchev–Trinajstić information content (AvgIpc) is 2.56. The van der Waals surface area contributed by atoms with E-state index in [9.17, 15) is 9.18 Å². The lowest BCUT2D eigenvalue weighted by Crippen LogP contribution is -2.53. The molecule has 1 N–H and O–H groups in total. The Labute approximate surface area is 137 Å². The van der Waals surface area contributed by atoms with Gasteiger partial charge >= 0.3 is 6.03 Å². The van der Waals surface area contributed by atoms with E-state index in [0.717, 1.165) is 51.1 Å². The first-order valence-corrected chi connectivity index (χ1v) is 8.73. The Balaban J connectivity index is 1.43. The molecule has 23 heavy (non-hydrogen) atoms. The van der Waals surface area contributed by atoms with Gasteiger partial charge in [-0.05, 0) is 30.5 Å². The van der Waals surface area contributed by atoms with Crippen LogP contribution in [0.4, 0.5) is 9.18 Å². The van der Waals surface area contributed by atoms with Gasteiger partial charge in [0.25, 0.3) is 0 Å². The first-order chi connectivity index (χ1) is 11.2. The number of rotatable bonds is 3. The quantitative estimate of drug-likeness (QED) is 0.930. The molecule has 1 saturated heterocycles. The molecule has 4 nitrogen and oxygen atoms in total. The zero-order chi connectivity index (χ0) is 16.1. The minimum atomic E-state index is -0.187. The zero-order valence-electron chi connectivity index (χ0n) is 13.6. The molecule has 2 amide bonds. The number of hydrogen-bond donors (Lipinski definition) is 1. The first-order valence-electron chi connectivity index (χ1n) is 8.73. The third-order valence-electron chi connectivity index (χ3n) is 4.89. The fourth-order valence-corrected chi connectivity index (χ4v) is 3.52. The molecule has 1 aliphatic heterocycles. The summed E-state index contributed by atoms with van der Waals surface area (Å²) >= 11 is 0. The standard InChI is InChI=1S/C18H26FN3O/c19-16-6-4-5-15(13-16)14-21-9-11-22(12-10-21)18(23)20-17-7-2-1-3-8-17/h4-6,13,17H,1-3,7-12,14H2,(H,20,23). The molecule has 0 radical (unpaired) electrons. The van der Waals surface area contributed by atoms with Crippen molar-refractivity contribution < 1.29 is 9.18 Å². The number of hydrogen-bond acceptors (Lipinski definition) is 2. The van der Waals surface area contributed by atoms with Crippen molar-refractivity contribution in [2.75, 3.05) is 26.2 Å². The lowest BCUT2D eigenvalue weighted by molar-refractivity contribution is 0.132. The summed E-state index contributed by atoms with van der Waals surface area (Å²) < 4.78 is 13.2. The predicted molar refractivity (Wildman–Crippen MR) is 88.7 cm³/mol. The van der Waals surface area contributed by atoms with Crippen LogP contribution < -0.4 is 5.32 Å². The third-order valence-corrected chi connectivity index (χ3v) is 4.89. The SMILES string of the molecule is O=C(NC1CCCCC1)N1CCN(Cc2cccc(F)c2)CC1. The number of benzene rings is 1. The van der Waals surface area contributed by atoms with Gasteiger partial charge in [0.15, 0.2) is 0 Å². The predicted octanol–water partition coefficient (Wildman–Crippen LogP) is 2.99. The summed E-state index contributed by atoms with van der Waals surface area (Å²) in [6.45, 7) is 3.92. The van der Waals surface area contributed by atoms with Crippen molar-refractivity contribution in [2.24, 2.45) is 0 Å². The fourth-order valence-electron chi connectivity index (χ4n) is 3.52. The van der Waals surface area contributed by atoms with E-state index < -0.39 is 0 Å². The second-order valence-corrected chi connectivity index (χ2v) is 6.68. The molecule has 1 saturated carbocycles. The van der Waals surface area contributed by atoms with E-state index >= 15 is 0 Å². The van der Waals surface area contributed by atoms with Crippen LogP contribution in [0.5, 0.6) is 0 Å². The maximum atomic E-state index is 13.2. The molecule has 1 heterocycles. The highest BCUT2D eigenvalue weighted by atomic mass is 19.1. The summed E-state index contributed by atoms with van der Waals surface area (Å²) in [6, 6.07) is 7.20. The molecule has 0 aromatic heterocycles. The van der Waals surface area contributed by atoms with E-state index in [-0.39, 0.29) is 11.8 Å². The number of nitrogens with zero attached hydrogens (tertiary/aromatic N) is 2. The topological polar surface area (TPSA) is 35.6 Å². The number of amides is 2. The smallest absolute Gasteiger partial charge is 0.317 e. The molecule has 0 spiro atoms. The maximum Gasteiger partial charge on any atom is 0.317 e. The van der Waals surface area contributed by atoms with Gasteiger partial charge in [-0.2, -0.15) is 0 Å². The highest BCUT2D eigenvalue weighted by molar-refractivity contribution is 5.74. The number of carbonyl (C=O) groups excluding carboxylic acids is 1. The Hall–Kier alpha value is -1.62. The number of piperazine rings is 1. The molecule has 0 bridgehead atoms. The lowest BCUT2D eigenvalue weighted by atomic mass is 9.96. The van der Waals surface area contributed by atoms with Gasteiger partial charge in [-0.25, -0.2) is 9.18 Å². The van der Waals surface area contributed by atoms with Crippen molar-refractivity contribution >= 4 is 6.03 Å². The van der Waals surface area contributed by atoms with Crippen molar-refractivity contribution in [3.8, 4) is 0 Å². The van der Waals surface area contributed by atoms with Crippen molar-refractivity contribution in [1.82, 2.24) is 15.1 Å². The van der Waals surface area contributed by atoms with Gasteiger partial charge in [0.1, 0.15) is 5.82 Å². The summed E-state index contributed by atoms with van der Waals surface area (Å²) in [7, 11) is 0. The van der Waals surface area contributed by atoms with Gasteiger partial charge in [0, 0.05) is 38.8 Å². The molecule has 3 rings (SSSR count). The molecule has 5 heteroatoms. The summed E-state index contributed by atoms with van der Waals surface area (Å²) in [5.74, 6) is -0.187. The second-order valence-electron chi connectivity index (χ2n) is 6.68. The second kappa shape index (κ2) is 7.77. The van der Waals surface area contributed by atoms with Crippen molar-refractivity contribution in [1.29, 1.82) is 0 Å². The maximum absolute atomic E-state index is 13.2. The van der Waals surface area contributed by atoms with Crippen LogP contribution in [0.3, 0.4) is 0 Å². The van der Waals surface area contributed by atoms with Crippen LogP contribution in [0.2, 0.25) is 0 Å². The summed E-state index contributed by atoms with van der Waals surface area (Å²) in [6.07, 6.45) is 5.99. The van der Waals surface area contributed by atoms with E-state index in [1.165, 1.54) is 25.3 Å². The number of nitrogens with one attached hydrogen (secondary N) is 1. The third kappa shape index (κ3) is 4.67. The van der Waals surface area contributed by atoms with Crippen LogP contribution in [0.15, 0.2) is 24.3 Å². The van der Waals surface area contributed by atoms with Gasteiger partial charge in [-0.3, -0.25) is 4.90 Å². The van der Waals surface area contributed by atoms with Crippen LogP contribution >= 0.6 is 0 Å². The molecule has 2 fully saturated rings. The van der Waals surface area contributed by atoms with Gasteiger partial charge in [0.05, 0.1) is 0 Å². The largest absolute Gasteiger partial charge is 0.335 e. The van der Waals surface area contributed by atoms with Gasteiger partial charge < -0.3 is 10.2 Å². The molecular weight excluding hydrogens is 293 g/mol. The van der Waals surface area contributed by atoms with Crippen molar-refractivity contribution in [3.05, 3.63) is 35.6 Å². The summed E-state index contributed by atoms with van der Waals surface area (Å²) in [4.78, 5) is 16.5. The monoisotopic (exact) mass is 319 g/mol. The Morgan fingerprint density at radius 1 is 1.13 bits per heavy atom. The van der Waals surface area contributed by atoms with Gasteiger partial charge in [-0.15, -0.1) is 0 Å². The molecular formula is C18H26FN3O. The Morgan fingerprint density at radius 3 is 2.57 bits per heavy atom. The molecule has 1 aromatic carbocycles. The summed E-state index contributed by atoms with van der Waals surface area (Å²) in [5, 5.41) is 3.18. The normalized spacial score (nSPS) is 20.5. The van der Waals surface area contributed by atoms with Gasteiger partial charge in [0.2, 0.25) is 0 Å². The highest BCUT2D eigenvalue weighted by Gasteiger charge is 2.23. The zero-order valence-corrected chi connectivity index (χ0v) is 13.6. The molecule has 1 aromatic rings. The number of urea groups is 1. The molecule has 0 unspecified atom stereocenters. The van der Waals surface area contributed by atoms with E-state index in [4.69, 9.17) is 0 Å². The molecule has 126 valence electrons. The molecule has 1 aliphatic carbocycles. The Bertz CT molecular complexity index is 523. The van der Waals surface area contributed by atoms with Gasteiger partial charge in [-0.1, -0.05) is 31.4 Å². The lowest BCUT2D eigenvalue weighted by Gasteiger charge is -2.36. The first kappa shape index (κ1) is 16.2. The van der Waals surface area contributed by atoms with Crippen molar-refractivity contribution in [2.45, 2.75) is 44.7 Å². The highest BCUT2D eigenvalue weighted by Crippen LogP contribution is 2.18. The van der Waals surface area contributed by atoms with E-state index in [1.54, 1.807) is 12.1 Å². The van der Waals surface area contributed by atoms with E-state index in [1.807, 2.05) is 11.0 Å². The van der Waals surface area contributed by atoms with Crippen LogP contribution in [0.25, 0.3) is 0 Å². The number of halogens is 1.